The third-order valence-corrected chi connectivity index (χ3v) is 12.4. The largest absolute Gasteiger partial charge is 0.493 e. The van der Waals surface area contributed by atoms with Crippen LogP contribution >= 0.6 is 0 Å². The van der Waals surface area contributed by atoms with Gasteiger partial charge in [-0.25, -0.2) is 0 Å². The molecule has 304 valence electrons. The number of rotatable bonds is 9. The molecule has 0 aliphatic carbocycles. The van der Waals surface area contributed by atoms with Gasteiger partial charge in [0.2, 0.25) is 5.75 Å². The summed E-state index contributed by atoms with van der Waals surface area (Å²) in [5.41, 5.74) is 6.95. The van der Waals surface area contributed by atoms with Crippen molar-refractivity contribution < 1.29 is 33.5 Å². The monoisotopic (exact) mass is 778 g/mol. The van der Waals surface area contributed by atoms with Crippen LogP contribution in [0.3, 0.4) is 0 Å². The Morgan fingerprint density at radius 1 is 0.684 bits per heavy atom. The normalized spacial score (nSPS) is 20.7. The van der Waals surface area contributed by atoms with E-state index in [1.165, 1.54) is 16.7 Å². The van der Waals surface area contributed by atoms with E-state index in [9.17, 15) is 5.11 Å². The van der Waals surface area contributed by atoms with Gasteiger partial charge in [-0.1, -0.05) is 25.1 Å². The number of nitrogens with zero attached hydrogens (tertiary/aromatic N) is 4. The first-order valence-corrected chi connectivity index (χ1v) is 20.5. The number of ether oxygens (including phenoxy) is 6. The minimum Gasteiger partial charge on any atom is -0.493 e. The number of β-amino-alcohol motifs (C(OH)–C–C–N with tert-alkyl or cyclic N) is 1. The van der Waals surface area contributed by atoms with Crippen molar-refractivity contribution in [3.8, 4) is 46.0 Å². The molecular weight excluding hydrogens is 721 g/mol. The lowest BCUT2D eigenvalue weighted by molar-refractivity contribution is 0.0458. The second kappa shape index (κ2) is 17.1. The van der Waals surface area contributed by atoms with Crippen molar-refractivity contribution >= 4 is 0 Å². The fourth-order valence-electron chi connectivity index (χ4n) is 9.04. The first-order valence-electron chi connectivity index (χ1n) is 20.5. The summed E-state index contributed by atoms with van der Waals surface area (Å²) >= 11 is 0. The van der Waals surface area contributed by atoms with Gasteiger partial charge in [0.1, 0.15) is 18.5 Å². The van der Waals surface area contributed by atoms with Gasteiger partial charge in [-0.3, -0.25) is 14.7 Å². The van der Waals surface area contributed by atoms with Crippen molar-refractivity contribution in [3.63, 3.8) is 0 Å². The van der Waals surface area contributed by atoms with Crippen molar-refractivity contribution in [2.24, 2.45) is 0 Å². The van der Waals surface area contributed by atoms with Gasteiger partial charge >= 0.3 is 0 Å². The molecule has 1 fully saturated rings. The average molecular weight is 779 g/mol. The van der Waals surface area contributed by atoms with Crippen LogP contribution in [-0.2, 0) is 25.7 Å². The summed E-state index contributed by atoms with van der Waals surface area (Å²) in [7, 11) is 9.41. The summed E-state index contributed by atoms with van der Waals surface area (Å²) in [5, 5.41) is 11.4. The topological polar surface area (TPSA) is 88.6 Å². The third-order valence-electron chi connectivity index (χ3n) is 12.4. The van der Waals surface area contributed by atoms with Crippen LogP contribution in [0.25, 0.3) is 0 Å². The van der Waals surface area contributed by atoms with E-state index in [4.69, 9.17) is 28.4 Å². The fraction of sp³-hybridized carbons (Fsp3) is 0.478. The molecule has 0 radical (unpaired) electrons. The highest BCUT2D eigenvalue weighted by atomic mass is 16.6. The van der Waals surface area contributed by atoms with Crippen molar-refractivity contribution in [1.29, 1.82) is 0 Å². The first-order chi connectivity index (χ1) is 27.7. The molecule has 57 heavy (non-hydrogen) atoms. The number of piperazine rings is 1. The van der Waals surface area contributed by atoms with Gasteiger partial charge in [-0.05, 0) is 117 Å². The van der Waals surface area contributed by atoms with Crippen LogP contribution in [0.1, 0.15) is 52.4 Å². The number of hydrogen-bond donors (Lipinski definition) is 1. The molecule has 1 N–H and O–H groups in total. The predicted molar refractivity (Wildman–Crippen MR) is 221 cm³/mol. The molecule has 5 aliphatic rings. The van der Waals surface area contributed by atoms with Gasteiger partial charge in [0, 0.05) is 63.5 Å². The predicted octanol–water partition coefficient (Wildman–Crippen LogP) is 6.53. The fourth-order valence-corrected chi connectivity index (χ4v) is 9.04. The lowest BCUT2D eigenvalue weighted by Crippen LogP contribution is -2.49. The standard InChI is InChI=1S/C46H58N4O7/c1-7-49-18-20-50(21-19-49)28-34(51)29-55-45-43(54-6)26-33-15-17-48(3)38-23-31-10-13-39(52-4)41(24-31)56-35-11-8-30(9-12-35)22-37-36-27-42(57-46(45)44(33)38)40(53-5)25-32(36)14-16-47(37)2/h8-13,24-27,34,37-38,51H,7,14-23,28-29H2,1-6H3/t34?,37-,38-/m0/s1. The quantitative estimate of drug-likeness (QED) is 0.201. The number of hydrogen-bond acceptors (Lipinski definition) is 11. The molecule has 11 nitrogen and oxygen atoms in total. The molecule has 11 heteroatoms. The van der Waals surface area contributed by atoms with Crippen LogP contribution in [0.5, 0.6) is 46.0 Å². The molecule has 0 saturated carbocycles. The Kier molecular flexibility index (Phi) is 11.8. The molecule has 0 amide bonds. The van der Waals surface area contributed by atoms with E-state index in [0.29, 0.717) is 53.2 Å². The molecule has 1 unspecified atom stereocenters. The van der Waals surface area contributed by atoms with Crippen LogP contribution < -0.4 is 28.4 Å². The number of methoxy groups -OCH3 is 3. The lowest BCUT2D eigenvalue weighted by atomic mass is 9.87. The van der Waals surface area contributed by atoms with E-state index in [1.54, 1.807) is 21.3 Å². The zero-order valence-corrected chi connectivity index (χ0v) is 34.4. The molecule has 1 saturated heterocycles. The molecule has 5 heterocycles. The minimum atomic E-state index is -0.704. The van der Waals surface area contributed by atoms with Crippen molar-refractivity contribution in [3.05, 3.63) is 94.0 Å². The van der Waals surface area contributed by atoms with E-state index in [2.05, 4.69) is 83.1 Å². The molecule has 0 aromatic heterocycles. The number of aliphatic hydroxyl groups excluding tert-OH is 1. The summed E-state index contributed by atoms with van der Waals surface area (Å²) < 4.78 is 38.4. The molecule has 3 atom stereocenters. The Balaban J connectivity index is 1.26. The molecule has 9 rings (SSSR count). The third kappa shape index (κ3) is 8.27. The number of benzene rings is 4. The van der Waals surface area contributed by atoms with Crippen molar-refractivity contribution in [2.45, 2.75) is 50.8 Å². The van der Waals surface area contributed by atoms with Gasteiger partial charge in [0.15, 0.2) is 34.5 Å². The second-order valence-corrected chi connectivity index (χ2v) is 15.9. The minimum absolute atomic E-state index is 0.0845. The van der Waals surface area contributed by atoms with Gasteiger partial charge in [0.25, 0.3) is 0 Å². The van der Waals surface area contributed by atoms with Gasteiger partial charge in [-0.15, -0.1) is 0 Å². The summed E-state index contributed by atoms with van der Waals surface area (Å²) in [4.78, 5) is 9.56. The molecule has 0 spiro atoms. The van der Waals surface area contributed by atoms with E-state index in [1.807, 2.05) is 18.2 Å². The highest BCUT2D eigenvalue weighted by molar-refractivity contribution is 5.64. The van der Waals surface area contributed by atoms with Crippen LogP contribution in [0.15, 0.2) is 60.7 Å². The van der Waals surface area contributed by atoms with E-state index in [0.717, 1.165) is 87.5 Å². The first kappa shape index (κ1) is 39.3. The van der Waals surface area contributed by atoms with Crippen LogP contribution in [0.2, 0.25) is 0 Å². The maximum absolute atomic E-state index is 11.4. The summed E-state index contributed by atoms with van der Waals surface area (Å²) in [6.45, 7) is 9.51. The Bertz CT molecular complexity index is 2030. The maximum Gasteiger partial charge on any atom is 0.204 e. The molecule has 5 aliphatic heterocycles. The van der Waals surface area contributed by atoms with Crippen LogP contribution in [-0.4, -0.2) is 125 Å². The van der Waals surface area contributed by atoms with Crippen molar-refractivity contribution in [2.75, 3.05) is 94.4 Å². The maximum atomic E-state index is 11.4. The van der Waals surface area contributed by atoms with E-state index in [-0.39, 0.29) is 18.7 Å². The summed E-state index contributed by atoms with van der Waals surface area (Å²) in [6.07, 6.45) is 2.50. The van der Waals surface area contributed by atoms with Gasteiger partial charge < -0.3 is 38.4 Å². The Hall–Kier alpha value is -4.52. The van der Waals surface area contributed by atoms with Crippen molar-refractivity contribution in [1.82, 2.24) is 19.6 Å². The lowest BCUT2D eigenvalue weighted by Gasteiger charge is -2.38. The summed E-state index contributed by atoms with van der Waals surface area (Å²) in [5.74, 6) is 5.03. The second-order valence-electron chi connectivity index (χ2n) is 15.9. The van der Waals surface area contributed by atoms with E-state index >= 15 is 0 Å². The van der Waals surface area contributed by atoms with Gasteiger partial charge in [0.05, 0.1) is 21.3 Å². The SMILES string of the molecule is CCN1CCN(CC(O)COc2c(OC)cc3c4c2Oc2cc5c(cc2OC)CCN(C)[C@H]5Cc2ccc(cc2)Oc2cc(ccc2OC)C[C@@H]4N(C)CC3)CC1. The highest BCUT2D eigenvalue weighted by Crippen LogP contribution is 2.52. The smallest absolute Gasteiger partial charge is 0.204 e. The van der Waals surface area contributed by atoms with E-state index < -0.39 is 6.10 Å². The zero-order valence-electron chi connectivity index (χ0n) is 34.4. The Morgan fingerprint density at radius 2 is 1.32 bits per heavy atom. The molecule has 4 aromatic rings. The molecular formula is C46H58N4O7. The highest BCUT2D eigenvalue weighted by Gasteiger charge is 2.35. The Morgan fingerprint density at radius 3 is 2.04 bits per heavy atom. The molecule has 6 bridgehead atoms. The zero-order chi connectivity index (χ0) is 39.6. The van der Waals surface area contributed by atoms with Crippen LogP contribution in [0, 0.1) is 0 Å². The van der Waals surface area contributed by atoms with Gasteiger partial charge in [-0.2, -0.15) is 0 Å². The number of fused-ring (bicyclic) bond motifs is 2. The number of likely N-dealkylation sites (N-methyl/N-ethyl adjacent to an activating group) is 3. The Labute approximate surface area is 337 Å². The summed E-state index contributed by atoms with van der Waals surface area (Å²) in [6, 6.07) is 21.0. The van der Waals surface area contributed by atoms with Crippen LogP contribution in [0.4, 0.5) is 0 Å². The molecule has 4 aromatic carbocycles. The number of aliphatic hydroxyl groups is 1. The average Bonchev–Trinajstić information content (AvgIpc) is 3.22.